The molecule has 2 heterocycles. The van der Waals surface area contributed by atoms with E-state index in [9.17, 15) is 14.3 Å². The Labute approximate surface area is 191 Å². The Morgan fingerprint density at radius 1 is 1.06 bits per heavy atom. The molecule has 1 aliphatic rings. The van der Waals surface area contributed by atoms with Gasteiger partial charge in [0.2, 0.25) is 0 Å². The number of nitrogens with one attached hydrogen (secondary N) is 1. The fourth-order valence-electron chi connectivity index (χ4n) is 4.54. The summed E-state index contributed by atoms with van der Waals surface area (Å²) in [4.78, 5) is 21.6. The Kier molecular flexibility index (Phi) is 5.88. The Morgan fingerprint density at radius 2 is 1.82 bits per heavy atom. The number of hydrogen-bond donors (Lipinski definition) is 2. The first kappa shape index (κ1) is 21.3. The van der Waals surface area contributed by atoms with Crippen LogP contribution in [0.15, 0.2) is 67.1 Å². The average molecular weight is 445 g/mol. The van der Waals surface area contributed by atoms with Crippen molar-refractivity contribution in [2.75, 3.05) is 0 Å². The summed E-state index contributed by atoms with van der Waals surface area (Å²) in [5, 5.41) is 13.5. The molecule has 0 unspecified atom stereocenters. The summed E-state index contributed by atoms with van der Waals surface area (Å²) in [6.45, 7) is 0.481. The molecule has 2 atom stereocenters. The lowest BCUT2D eigenvalue weighted by Crippen LogP contribution is -2.45. The van der Waals surface area contributed by atoms with Crippen molar-refractivity contribution in [1.82, 2.24) is 19.9 Å². The Bertz CT molecular complexity index is 1270. The minimum atomic E-state index is -0.562. The largest absolute Gasteiger partial charge is 0.391 e. The number of fused-ring (bicyclic) bond motifs is 1. The Balaban J connectivity index is 1.43. The van der Waals surface area contributed by atoms with E-state index in [0.717, 1.165) is 30.4 Å². The number of benzene rings is 2. The molecule has 33 heavy (non-hydrogen) atoms. The maximum Gasteiger partial charge on any atom is 0.253 e. The van der Waals surface area contributed by atoms with Gasteiger partial charge in [-0.25, -0.2) is 14.4 Å². The predicted molar refractivity (Wildman–Crippen MR) is 124 cm³/mol. The van der Waals surface area contributed by atoms with E-state index >= 15 is 0 Å². The number of aliphatic hydroxyl groups is 1. The third kappa shape index (κ3) is 4.36. The number of aliphatic hydroxyl groups excluding tert-OH is 1. The minimum Gasteiger partial charge on any atom is -0.391 e. The van der Waals surface area contributed by atoms with Crippen LogP contribution < -0.4 is 5.32 Å². The first-order valence-electron chi connectivity index (χ1n) is 11.2. The fraction of sp³-hybridized carbons (Fsp3) is 0.269. The maximum absolute atomic E-state index is 14.8. The smallest absolute Gasteiger partial charge is 0.253 e. The predicted octanol–water partition coefficient (Wildman–Crippen LogP) is 4.32. The van der Waals surface area contributed by atoms with Crippen LogP contribution in [0.25, 0.3) is 22.3 Å². The first-order chi connectivity index (χ1) is 16.1. The summed E-state index contributed by atoms with van der Waals surface area (Å²) >= 11 is 0. The minimum absolute atomic E-state index is 0.287. The lowest BCUT2D eigenvalue weighted by Gasteiger charge is -2.28. The van der Waals surface area contributed by atoms with Gasteiger partial charge in [-0.15, -0.1) is 0 Å². The second kappa shape index (κ2) is 9.11. The van der Waals surface area contributed by atoms with Crippen LogP contribution in [0.3, 0.4) is 0 Å². The lowest BCUT2D eigenvalue weighted by atomic mass is 9.92. The van der Waals surface area contributed by atoms with E-state index in [0.29, 0.717) is 29.7 Å². The number of nitrogens with zero attached hydrogens (tertiary/aromatic N) is 3. The van der Waals surface area contributed by atoms with Gasteiger partial charge in [0.05, 0.1) is 23.2 Å². The number of carbonyl (C=O) groups excluding carboxylic acids is 1. The van der Waals surface area contributed by atoms with E-state index in [-0.39, 0.29) is 17.5 Å². The number of rotatable bonds is 5. The molecule has 1 fully saturated rings. The van der Waals surface area contributed by atoms with Gasteiger partial charge in [-0.3, -0.25) is 4.79 Å². The van der Waals surface area contributed by atoms with E-state index in [1.54, 1.807) is 30.7 Å². The van der Waals surface area contributed by atoms with Crippen molar-refractivity contribution in [3.63, 3.8) is 0 Å². The van der Waals surface area contributed by atoms with Crippen molar-refractivity contribution >= 4 is 16.8 Å². The molecule has 1 saturated carbocycles. The SMILES string of the molecule is O=C(N[C@H]1CCCC[C@@H]1O)c1cn(Cc2ccc(-c3ncccn3)cc2)c2cccc(F)c12. The molecule has 168 valence electrons. The van der Waals surface area contributed by atoms with Crippen LogP contribution in [0.4, 0.5) is 4.39 Å². The van der Waals surface area contributed by atoms with Crippen molar-refractivity contribution in [3.05, 3.63) is 84.1 Å². The second-order valence-corrected chi connectivity index (χ2v) is 8.51. The molecule has 0 bridgehead atoms. The van der Waals surface area contributed by atoms with Crippen molar-refractivity contribution in [2.24, 2.45) is 0 Å². The van der Waals surface area contributed by atoms with Gasteiger partial charge >= 0.3 is 0 Å². The van der Waals surface area contributed by atoms with E-state index in [1.807, 2.05) is 34.9 Å². The van der Waals surface area contributed by atoms with Gasteiger partial charge < -0.3 is 15.0 Å². The van der Waals surface area contributed by atoms with Crippen LogP contribution in [-0.4, -0.2) is 37.7 Å². The van der Waals surface area contributed by atoms with Crippen LogP contribution in [0, 0.1) is 5.82 Å². The molecule has 5 rings (SSSR count). The van der Waals surface area contributed by atoms with Gasteiger partial charge in [-0.1, -0.05) is 43.2 Å². The number of amides is 1. The van der Waals surface area contributed by atoms with Gasteiger partial charge in [0.15, 0.2) is 5.82 Å². The number of aromatic nitrogens is 3. The third-order valence-electron chi connectivity index (χ3n) is 6.28. The summed E-state index contributed by atoms with van der Waals surface area (Å²) in [7, 11) is 0. The first-order valence-corrected chi connectivity index (χ1v) is 11.2. The van der Waals surface area contributed by atoms with Gasteiger partial charge in [-0.05, 0) is 36.6 Å². The fourth-order valence-corrected chi connectivity index (χ4v) is 4.54. The zero-order chi connectivity index (χ0) is 22.8. The number of hydrogen-bond acceptors (Lipinski definition) is 4. The molecule has 1 amide bonds. The molecule has 0 saturated heterocycles. The number of carbonyl (C=O) groups is 1. The zero-order valence-corrected chi connectivity index (χ0v) is 18.1. The second-order valence-electron chi connectivity index (χ2n) is 8.51. The quantitative estimate of drug-likeness (QED) is 0.481. The normalized spacial score (nSPS) is 18.4. The molecule has 2 aromatic carbocycles. The van der Waals surface area contributed by atoms with Crippen LogP contribution in [0.2, 0.25) is 0 Å². The van der Waals surface area contributed by atoms with E-state index < -0.39 is 11.9 Å². The van der Waals surface area contributed by atoms with Crippen LogP contribution in [0.1, 0.15) is 41.6 Å². The maximum atomic E-state index is 14.8. The molecule has 0 radical (unpaired) electrons. The highest BCUT2D eigenvalue weighted by molar-refractivity contribution is 6.07. The van der Waals surface area contributed by atoms with E-state index in [1.165, 1.54) is 6.07 Å². The standard InChI is InChI=1S/C26H25FN4O2/c27-20-5-3-7-22-24(20)19(26(33)30-21-6-1-2-8-23(21)32)16-31(22)15-17-9-11-18(12-10-17)25-28-13-4-14-29-25/h3-5,7,9-14,16,21,23,32H,1-2,6,8,15H2,(H,30,33)/t21-,23-/m0/s1. The van der Waals surface area contributed by atoms with Crippen LogP contribution in [-0.2, 0) is 6.54 Å². The highest BCUT2D eigenvalue weighted by Gasteiger charge is 2.27. The van der Waals surface area contributed by atoms with Gasteiger partial charge in [0.1, 0.15) is 5.82 Å². The van der Waals surface area contributed by atoms with Gasteiger partial charge in [0.25, 0.3) is 5.91 Å². The van der Waals surface area contributed by atoms with E-state index in [4.69, 9.17) is 0 Å². The third-order valence-corrected chi connectivity index (χ3v) is 6.28. The molecule has 2 aromatic heterocycles. The topological polar surface area (TPSA) is 80.0 Å². The molecular weight excluding hydrogens is 419 g/mol. The summed E-state index contributed by atoms with van der Waals surface area (Å²) in [5.74, 6) is -0.134. The van der Waals surface area contributed by atoms with Gasteiger partial charge in [0, 0.05) is 36.1 Å². The van der Waals surface area contributed by atoms with Crippen molar-refractivity contribution < 1.29 is 14.3 Å². The Morgan fingerprint density at radius 3 is 2.58 bits per heavy atom. The van der Waals surface area contributed by atoms with Crippen molar-refractivity contribution in [2.45, 2.75) is 44.4 Å². The monoisotopic (exact) mass is 444 g/mol. The highest BCUT2D eigenvalue weighted by Crippen LogP contribution is 2.27. The molecule has 6 nitrogen and oxygen atoms in total. The molecule has 1 aliphatic carbocycles. The molecule has 0 aliphatic heterocycles. The zero-order valence-electron chi connectivity index (χ0n) is 18.1. The van der Waals surface area contributed by atoms with Crippen molar-refractivity contribution in [1.29, 1.82) is 0 Å². The summed E-state index contributed by atoms with van der Waals surface area (Å²) in [6.07, 6.45) is 7.86. The number of halogens is 1. The summed E-state index contributed by atoms with van der Waals surface area (Å²) in [5.41, 5.74) is 2.86. The molecular formula is C26H25FN4O2. The highest BCUT2D eigenvalue weighted by atomic mass is 19.1. The molecule has 2 N–H and O–H groups in total. The van der Waals surface area contributed by atoms with E-state index in [2.05, 4.69) is 15.3 Å². The molecule has 0 spiro atoms. The average Bonchev–Trinajstić information content (AvgIpc) is 3.21. The van der Waals surface area contributed by atoms with Gasteiger partial charge in [-0.2, -0.15) is 0 Å². The van der Waals surface area contributed by atoms with Crippen LogP contribution >= 0.6 is 0 Å². The Hall–Kier alpha value is -3.58. The van der Waals surface area contributed by atoms with Crippen molar-refractivity contribution in [3.8, 4) is 11.4 Å². The van der Waals surface area contributed by atoms with Crippen LogP contribution in [0.5, 0.6) is 0 Å². The molecule has 7 heteroatoms. The lowest BCUT2D eigenvalue weighted by molar-refractivity contribution is 0.0718. The summed E-state index contributed by atoms with van der Waals surface area (Å²) < 4.78 is 16.7. The molecule has 4 aromatic rings. The summed E-state index contributed by atoms with van der Waals surface area (Å²) in [6, 6.07) is 14.2.